The fourth-order valence-electron chi connectivity index (χ4n) is 1.80. The minimum absolute atomic E-state index is 0.0150. The Morgan fingerprint density at radius 3 is 2.53 bits per heavy atom. The van der Waals surface area contributed by atoms with E-state index >= 15 is 0 Å². The van der Waals surface area contributed by atoms with E-state index in [0.29, 0.717) is 13.0 Å². The Morgan fingerprint density at radius 1 is 1.42 bits per heavy atom. The second kappa shape index (κ2) is 6.85. The number of hydrogen-bond donors (Lipinski definition) is 1. The van der Waals surface area contributed by atoms with Gasteiger partial charge in [-0.3, -0.25) is 4.68 Å². The number of nitrogens with two attached hydrogens (primary N) is 1. The highest BCUT2D eigenvalue weighted by Gasteiger charge is 2.21. The van der Waals surface area contributed by atoms with Crippen molar-refractivity contribution in [2.24, 2.45) is 5.73 Å². The number of rotatable bonds is 7. The van der Waals surface area contributed by atoms with Gasteiger partial charge in [-0.15, -0.1) is 0 Å². The highest BCUT2D eigenvalue weighted by molar-refractivity contribution is 9.10. The molecule has 1 unspecified atom stereocenters. The lowest BCUT2D eigenvalue weighted by Crippen LogP contribution is -2.21. The van der Waals surface area contributed by atoms with Gasteiger partial charge in [0, 0.05) is 12.6 Å². The molecule has 1 heterocycles. The van der Waals surface area contributed by atoms with Gasteiger partial charge in [0.05, 0.1) is 27.4 Å². The Bertz CT molecular complexity index is 523. The van der Waals surface area contributed by atoms with Crippen LogP contribution in [0.25, 0.3) is 0 Å². The molecular formula is C12H22BrN3O2S. The van der Waals surface area contributed by atoms with Crippen molar-refractivity contribution in [3.05, 3.63) is 15.9 Å². The van der Waals surface area contributed by atoms with Crippen LogP contribution in [-0.2, 0) is 28.6 Å². The quantitative estimate of drug-likeness (QED) is 0.813. The molecule has 0 spiro atoms. The molecule has 0 aliphatic heterocycles. The van der Waals surface area contributed by atoms with Crippen LogP contribution >= 0.6 is 15.9 Å². The molecule has 1 atom stereocenters. The molecule has 0 bridgehead atoms. The van der Waals surface area contributed by atoms with Crippen molar-refractivity contribution in [3.63, 3.8) is 0 Å². The van der Waals surface area contributed by atoms with Gasteiger partial charge in [-0.25, -0.2) is 8.42 Å². The molecular weight excluding hydrogens is 330 g/mol. The van der Waals surface area contributed by atoms with Crippen molar-refractivity contribution in [1.29, 1.82) is 0 Å². The summed E-state index contributed by atoms with van der Waals surface area (Å²) in [5, 5.41) is 4.41. The maximum Gasteiger partial charge on any atom is 0.156 e. The normalized spacial score (nSPS) is 13.7. The van der Waals surface area contributed by atoms with Gasteiger partial charge in [0.25, 0.3) is 0 Å². The molecule has 0 fully saturated rings. The summed E-state index contributed by atoms with van der Waals surface area (Å²) in [6, 6.07) is -0.0968. The van der Waals surface area contributed by atoms with Crippen molar-refractivity contribution >= 4 is 25.8 Å². The molecule has 1 aromatic rings. The summed E-state index contributed by atoms with van der Waals surface area (Å²) in [5.41, 5.74) is 7.26. The highest BCUT2D eigenvalue weighted by atomic mass is 79.9. The van der Waals surface area contributed by atoms with Crippen LogP contribution in [0.1, 0.15) is 38.6 Å². The third kappa shape index (κ3) is 4.57. The van der Waals surface area contributed by atoms with Gasteiger partial charge < -0.3 is 5.73 Å². The Balaban J connectivity index is 2.95. The molecule has 0 saturated carbocycles. The van der Waals surface area contributed by atoms with E-state index in [1.165, 1.54) is 0 Å². The van der Waals surface area contributed by atoms with Crippen LogP contribution in [-0.4, -0.2) is 30.0 Å². The summed E-state index contributed by atoms with van der Waals surface area (Å²) in [7, 11) is -3.15. The standard InChI is InChI=1S/C12H22BrN3O2S/c1-4-10-12(13)11(16(5-2)15-10)8-19(17,18)7-6-9(3)14/h9H,4-8,14H2,1-3H3. The number of hydrogen-bond acceptors (Lipinski definition) is 4. The summed E-state index contributed by atoms with van der Waals surface area (Å²) >= 11 is 3.46. The minimum Gasteiger partial charge on any atom is -0.328 e. The van der Waals surface area contributed by atoms with Gasteiger partial charge in [-0.1, -0.05) is 6.92 Å². The number of nitrogens with zero attached hydrogens (tertiary/aromatic N) is 2. The lowest BCUT2D eigenvalue weighted by atomic mass is 10.3. The monoisotopic (exact) mass is 351 g/mol. The van der Waals surface area contributed by atoms with Crippen LogP contribution in [0.3, 0.4) is 0 Å². The second-order valence-electron chi connectivity index (χ2n) is 4.73. The SMILES string of the molecule is CCc1nn(CC)c(CS(=O)(=O)CCC(C)N)c1Br. The van der Waals surface area contributed by atoms with E-state index in [1.54, 1.807) is 4.68 Å². The minimum atomic E-state index is -3.15. The zero-order valence-corrected chi connectivity index (χ0v) is 14.1. The average molecular weight is 352 g/mol. The predicted octanol–water partition coefficient (Wildman–Crippen LogP) is 1.88. The second-order valence-corrected chi connectivity index (χ2v) is 7.71. The van der Waals surface area contributed by atoms with Crippen molar-refractivity contribution in [2.45, 2.75) is 52.0 Å². The first kappa shape index (κ1) is 16.7. The molecule has 0 radical (unpaired) electrons. The number of aryl methyl sites for hydroxylation is 2. The molecule has 0 amide bonds. The largest absolute Gasteiger partial charge is 0.328 e. The molecule has 7 heteroatoms. The van der Waals surface area contributed by atoms with Crippen molar-refractivity contribution in [3.8, 4) is 0 Å². The third-order valence-corrected chi connectivity index (χ3v) is 5.42. The van der Waals surface area contributed by atoms with Crippen LogP contribution < -0.4 is 5.73 Å². The molecule has 0 aliphatic rings. The lowest BCUT2D eigenvalue weighted by Gasteiger charge is -2.08. The first-order valence-electron chi connectivity index (χ1n) is 6.50. The molecule has 19 heavy (non-hydrogen) atoms. The predicted molar refractivity (Wildman–Crippen MR) is 80.7 cm³/mol. The van der Waals surface area contributed by atoms with E-state index < -0.39 is 9.84 Å². The Labute approximate surface area is 123 Å². The summed E-state index contributed by atoms with van der Waals surface area (Å²) < 4.78 is 26.8. The van der Waals surface area contributed by atoms with E-state index in [4.69, 9.17) is 5.73 Å². The molecule has 0 aliphatic carbocycles. The van der Waals surface area contributed by atoms with Gasteiger partial charge >= 0.3 is 0 Å². The Morgan fingerprint density at radius 2 is 2.05 bits per heavy atom. The lowest BCUT2D eigenvalue weighted by molar-refractivity contribution is 0.578. The zero-order chi connectivity index (χ0) is 14.6. The summed E-state index contributed by atoms with van der Waals surface area (Å²) in [6.07, 6.45) is 1.27. The molecule has 1 aromatic heterocycles. The fourth-order valence-corrected chi connectivity index (χ4v) is 4.28. The van der Waals surface area contributed by atoms with E-state index in [2.05, 4.69) is 21.0 Å². The van der Waals surface area contributed by atoms with Gasteiger partial charge in [0.1, 0.15) is 0 Å². The van der Waals surface area contributed by atoms with Crippen LogP contribution in [0.15, 0.2) is 4.47 Å². The topological polar surface area (TPSA) is 78.0 Å². The highest BCUT2D eigenvalue weighted by Crippen LogP contribution is 2.24. The van der Waals surface area contributed by atoms with Gasteiger partial charge in [-0.05, 0) is 42.6 Å². The van der Waals surface area contributed by atoms with Crippen molar-refractivity contribution in [1.82, 2.24) is 9.78 Å². The maximum atomic E-state index is 12.1. The van der Waals surface area contributed by atoms with E-state index in [1.807, 2.05) is 20.8 Å². The number of aromatic nitrogens is 2. The van der Waals surface area contributed by atoms with Crippen molar-refractivity contribution in [2.75, 3.05) is 5.75 Å². The summed E-state index contributed by atoms with van der Waals surface area (Å²) in [6.45, 7) is 6.44. The molecule has 5 nitrogen and oxygen atoms in total. The van der Waals surface area contributed by atoms with Crippen LogP contribution in [0.2, 0.25) is 0 Å². The Kier molecular flexibility index (Phi) is 6.01. The molecule has 2 N–H and O–H groups in total. The van der Waals surface area contributed by atoms with E-state index in [9.17, 15) is 8.42 Å². The average Bonchev–Trinajstić information content (AvgIpc) is 2.63. The molecule has 0 saturated heterocycles. The molecule has 110 valence electrons. The maximum absolute atomic E-state index is 12.1. The molecule has 1 rings (SSSR count). The van der Waals surface area contributed by atoms with Crippen LogP contribution in [0, 0.1) is 0 Å². The Hall–Kier alpha value is -0.400. The van der Waals surface area contributed by atoms with Gasteiger partial charge in [0.15, 0.2) is 9.84 Å². The molecule has 0 aromatic carbocycles. The summed E-state index contributed by atoms with van der Waals surface area (Å²) in [5.74, 6) is 0.134. The van der Waals surface area contributed by atoms with E-state index in [-0.39, 0.29) is 17.5 Å². The first-order valence-corrected chi connectivity index (χ1v) is 9.12. The number of halogens is 1. The zero-order valence-electron chi connectivity index (χ0n) is 11.7. The summed E-state index contributed by atoms with van der Waals surface area (Å²) in [4.78, 5) is 0. The smallest absolute Gasteiger partial charge is 0.156 e. The van der Waals surface area contributed by atoms with Crippen LogP contribution in [0.4, 0.5) is 0 Å². The third-order valence-electron chi connectivity index (χ3n) is 2.93. The van der Waals surface area contributed by atoms with Crippen LogP contribution in [0.5, 0.6) is 0 Å². The fraction of sp³-hybridized carbons (Fsp3) is 0.750. The number of sulfone groups is 1. The van der Waals surface area contributed by atoms with Crippen molar-refractivity contribution < 1.29 is 8.42 Å². The first-order chi connectivity index (χ1) is 8.80. The van der Waals surface area contributed by atoms with Gasteiger partial charge in [-0.2, -0.15) is 5.10 Å². The van der Waals surface area contributed by atoms with E-state index in [0.717, 1.165) is 22.3 Å². The van der Waals surface area contributed by atoms with Gasteiger partial charge in [0.2, 0.25) is 0 Å².